The molecule has 0 aliphatic carbocycles. The van der Waals surface area contributed by atoms with Gasteiger partial charge in [0.25, 0.3) is 5.91 Å². The van der Waals surface area contributed by atoms with Crippen LogP contribution in [0.4, 0.5) is 10.2 Å². The molecule has 5 nitrogen and oxygen atoms in total. The van der Waals surface area contributed by atoms with E-state index in [4.69, 9.17) is 0 Å². The van der Waals surface area contributed by atoms with Crippen LogP contribution < -0.4 is 10.2 Å². The molecule has 0 spiro atoms. The Labute approximate surface area is 140 Å². The van der Waals surface area contributed by atoms with E-state index in [0.29, 0.717) is 18.7 Å². The number of rotatable bonds is 5. The van der Waals surface area contributed by atoms with Crippen molar-refractivity contribution in [1.82, 2.24) is 15.3 Å². The molecule has 1 N–H and O–H groups in total. The standard InChI is InChI=1S/C18H21FN4O/c19-15-6-4-14(5-7-15)8-9-20-18(24)16-12-22-17(13-21-16)23-10-2-1-3-11-23/h4-7,12-13H,1-3,8-11H2,(H,20,24). The number of anilines is 1. The van der Waals surface area contributed by atoms with Crippen LogP contribution in [0.3, 0.4) is 0 Å². The van der Waals surface area contributed by atoms with Crippen molar-refractivity contribution < 1.29 is 9.18 Å². The molecule has 1 saturated heterocycles. The predicted molar refractivity (Wildman–Crippen MR) is 90.5 cm³/mol. The highest BCUT2D eigenvalue weighted by molar-refractivity contribution is 5.92. The van der Waals surface area contributed by atoms with Crippen molar-refractivity contribution in [2.24, 2.45) is 0 Å². The lowest BCUT2D eigenvalue weighted by Gasteiger charge is -2.27. The number of aromatic nitrogens is 2. The Bertz CT molecular complexity index is 666. The Hall–Kier alpha value is -2.50. The molecule has 6 heteroatoms. The molecule has 1 aromatic heterocycles. The van der Waals surface area contributed by atoms with Crippen molar-refractivity contribution in [3.63, 3.8) is 0 Å². The van der Waals surface area contributed by atoms with Gasteiger partial charge in [-0.2, -0.15) is 0 Å². The van der Waals surface area contributed by atoms with Crippen LogP contribution >= 0.6 is 0 Å². The van der Waals surface area contributed by atoms with Gasteiger partial charge in [0.2, 0.25) is 0 Å². The van der Waals surface area contributed by atoms with Gasteiger partial charge in [-0.15, -0.1) is 0 Å². The minimum absolute atomic E-state index is 0.241. The van der Waals surface area contributed by atoms with Gasteiger partial charge in [0.15, 0.2) is 0 Å². The molecule has 0 unspecified atom stereocenters. The van der Waals surface area contributed by atoms with Crippen LogP contribution in [0.5, 0.6) is 0 Å². The highest BCUT2D eigenvalue weighted by atomic mass is 19.1. The summed E-state index contributed by atoms with van der Waals surface area (Å²) < 4.78 is 12.8. The fourth-order valence-electron chi connectivity index (χ4n) is 2.79. The summed E-state index contributed by atoms with van der Waals surface area (Å²) >= 11 is 0. The number of piperidine rings is 1. The van der Waals surface area contributed by atoms with Gasteiger partial charge in [-0.25, -0.2) is 14.4 Å². The molecular weight excluding hydrogens is 307 g/mol. The zero-order chi connectivity index (χ0) is 16.8. The third-order valence-electron chi connectivity index (χ3n) is 4.16. The van der Waals surface area contributed by atoms with Crippen molar-refractivity contribution >= 4 is 11.7 Å². The lowest BCUT2D eigenvalue weighted by molar-refractivity contribution is 0.0949. The summed E-state index contributed by atoms with van der Waals surface area (Å²) in [5.74, 6) is 0.333. The quantitative estimate of drug-likeness (QED) is 0.916. The fourth-order valence-corrected chi connectivity index (χ4v) is 2.79. The van der Waals surface area contributed by atoms with Crippen LogP contribution in [-0.4, -0.2) is 35.5 Å². The van der Waals surface area contributed by atoms with Gasteiger partial charge in [0, 0.05) is 19.6 Å². The van der Waals surface area contributed by atoms with E-state index in [1.807, 2.05) is 0 Å². The first kappa shape index (κ1) is 16.4. The molecule has 2 heterocycles. The van der Waals surface area contributed by atoms with E-state index in [1.165, 1.54) is 37.6 Å². The molecule has 0 atom stereocenters. The van der Waals surface area contributed by atoms with Crippen LogP contribution in [0, 0.1) is 5.82 Å². The summed E-state index contributed by atoms with van der Waals surface area (Å²) in [6, 6.07) is 6.27. The van der Waals surface area contributed by atoms with Crippen LogP contribution in [0.25, 0.3) is 0 Å². The Morgan fingerprint density at radius 3 is 2.50 bits per heavy atom. The van der Waals surface area contributed by atoms with Crippen LogP contribution in [0.2, 0.25) is 0 Å². The molecule has 1 amide bonds. The van der Waals surface area contributed by atoms with Crippen LogP contribution in [0.1, 0.15) is 35.3 Å². The van der Waals surface area contributed by atoms with E-state index in [1.54, 1.807) is 18.3 Å². The summed E-state index contributed by atoms with van der Waals surface area (Å²) in [7, 11) is 0. The molecule has 24 heavy (non-hydrogen) atoms. The monoisotopic (exact) mass is 328 g/mol. The van der Waals surface area contributed by atoms with E-state index in [0.717, 1.165) is 24.5 Å². The smallest absolute Gasteiger partial charge is 0.271 e. The molecule has 0 radical (unpaired) electrons. The number of hydrogen-bond acceptors (Lipinski definition) is 4. The number of carbonyl (C=O) groups is 1. The lowest BCUT2D eigenvalue weighted by atomic mass is 10.1. The number of benzene rings is 1. The summed E-state index contributed by atoms with van der Waals surface area (Å²) in [5.41, 5.74) is 1.29. The Morgan fingerprint density at radius 1 is 1.08 bits per heavy atom. The van der Waals surface area contributed by atoms with Crippen molar-refractivity contribution in [3.05, 3.63) is 53.7 Å². The van der Waals surface area contributed by atoms with Crippen LogP contribution in [-0.2, 0) is 6.42 Å². The second kappa shape index (κ2) is 7.86. The van der Waals surface area contributed by atoms with E-state index in [-0.39, 0.29) is 11.7 Å². The van der Waals surface area contributed by atoms with Crippen molar-refractivity contribution in [3.8, 4) is 0 Å². The van der Waals surface area contributed by atoms with Gasteiger partial charge < -0.3 is 10.2 Å². The third kappa shape index (κ3) is 4.28. The normalized spacial score (nSPS) is 14.5. The highest BCUT2D eigenvalue weighted by Crippen LogP contribution is 2.16. The van der Waals surface area contributed by atoms with E-state index in [9.17, 15) is 9.18 Å². The van der Waals surface area contributed by atoms with Crippen molar-refractivity contribution in [2.75, 3.05) is 24.5 Å². The van der Waals surface area contributed by atoms with Gasteiger partial charge >= 0.3 is 0 Å². The number of carbonyl (C=O) groups excluding carboxylic acids is 1. The molecule has 1 aromatic carbocycles. The Balaban J connectivity index is 1.50. The maximum atomic E-state index is 12.8. The van der Waals surface area contributed by atoms with E-state index < -0.39 is 0 Å². The summed E-state index contributed by atoms with van der Waals surface area (Å²) in [6.07, 6.45) is 7.45. The lowest BCUT2D eigenvalue weighted by Crippen LogP contribution is -2.31. The van der Waals surface area contributed by atoms with Crippen LogP contribution in [0.15, 0.2) is 36.7 Å². The van der Waals surface area contributed by atoms with Gasteiger partial charge in [-0.05, 0) is 43.4 Å². The molecule has 3 rings (SSSR count). The first-order chi connectivity index (χ1) is 11.7. The second-order valence-electron chi connectivity index (χ2n) is 5.94. The van der Waals surface area contributed by atoms with E-state index in [2.05, 4.69) is 20.2 Å². The largest absolute Gasteiger partial charge is 0.355 e. The summed E-state index contributed by atoms with van der Waals surface area (Å²) in [6.45, 7) is 2.47. The SMILES string of the molecule is O=C(NCCc1ccc(F)cc1)c1cnc(N2CCCCC2)cn1. The zero-order valence-electron chi connectivity index (χ0n) is 13.5. The number of halogens is 1. The minimum atomic E-state index is -0.258. The molecule has 1 aliphatic rings. The number of hydrogen-bond donors (Lipinski definition) is 1. The number of amides is 1. The predicted octanol–water partition coefficient (Wildman–Crippen LogP) is 2.58. The third-order valence-corrected chi connectivity index (χ3v) is 4.16. The molecule has 126 valence electrons. The first-order valence-electron chi connectivity index (χ1n) is 8.32. The average Bonchev–Trinajstić information content (AvgIpc) is 2.64. The molecule has 2 aromatic rings. The van der Waals surface area contributed by atoms with Gasteiger partial charge in [0.1, 0.15) is 17.3 Å². The van der Waals surface area contributed by atoms with Gasteiger partial charge in [0.05, 0.1) is 12.4 Å². The van der Waals surface area contributed by atoms with Crippen molar-refractivity contribution in [1.29, 1.82) is 0 Å². The second-order valence-corrected chi connectivity index (χ2v) is 5.94. The maximum Gasteiger partial charge on any atom is 0.271 e. The topological polar surface area (TPSA) is 58.1 Å². The Morgan fingerprint density at radius 2 is 1.83 bits per heavy atom. The maximum absolute atomic E-state index is 12.8. The minimum Gasteiger partial charge on any atom is -0.355 e. The first-order valence-corrected chi connectivity index (χ1v) is 8.32. The van der Waals surface area contributed by atoms with Crippen molar-refractivity contribution in [2.45, 2.75) is 25.7 Å². The molecule has 1 aliphatic heterocycles. The molecule has 1 fully saturated rings. The number of nitrogens with zero attached hydrogens (tertiary/aromatic N) is 3. The van der Waals surface area contributed by atoms with Gasteiger partial charge in [-0.3, -0.25) is 4.79 Å². The highest BCUT2D eigenvalue weighted by Gasteiger charge is 2.14. The molecular formula is C18H21FN4O. The average molecular weight is 328 g/mol. The Kier molecular flexibility index (Phi) is 5.36. The zero-order valence-corrected chi connectivity index (χ0v) is 13.5. The summed E-state index contributed by atoms with van der Waals surface area (Å²) in [4.78, 5) is 22.9. The fraction of sp³-hybridized carbons (Fsp3) is 0.389. The molecule has 0 saturated carbocycles. The van der Waals surface area contributed by atoms with Gasteiger partial charge in [-0.1, -0.05) is 12.1 Å². The van der Waals surface area contributed by atoms with E-state index >= 15 is 0 Å². The molecule has 0 bridgehead atoms. The summed E-state index contributed by atoms with van der Waals surface area (Å²) in [5, 5.41) is 2.81. The number of nitrogens with one attached hydrogen (secondary N) is 1.